The van der Waals surface area contributed by atoms with Gasteiger partial charge in [0.15, 0.2) is 11.5 Å². The van der Waals surface area contributed by atoms with Crippen molar-refractivity contribution in [1.29, 1.82) is 0 Å². The zero-order valence-corrected chi connectivity index (χ0v) is 13.3. The number of rotatable bonds is 3. The summed E-state index contributed by atoms with van der Waals surface area (Å²) in [6.07, 6.45) is 0. The second kappa shape index (κ2) is 5.92. The van der Waals surface area contributed by atoms with Gasteiger partial charge in [-0.1, -0.05) is 18.2 Å². The molecule has 0 unspecified atom stereocenters. The molecule has 1 aromatic heterocycles. The highest BCUT2D eigenvalue weighted by Gasteiger charge is 2.15. The first-order valence-electron chi connectivity index (χ1n) is 7.86. The second-order valence-electron chi connectivity index (χ2n) is 5.77. The summed E-state index contributed by atoms with van der Waals surface area (Å²) < 4.78 is 16.6. The van der Waals surface area contributed by atoms with Gasteiger partial charge in [-0.05, 0) is 36.2 Å². The lowest BCUT2D eigenvalue weighted by atomic mass is 10.1. The molecule has 0 fully saturated rings. The molecule has 0 spiro atoms. The van der Waals surface area contributed by atoms with Crippen molar-refractivity contribution >= 4 is 16.7 Å². The van der Waals surface area contributed by atoms with Crippen molar-refractivity contribution < 1.29 is 13.9 Å². The predicted octanol–water partition coefficient (Wildman–Crippen LogP) is 3.48. The third-order valence-corrected chi connectivity index (χ3v) is 4.02. The zero-order valence-electron chi connectivity index (χ0n) is 13.3. The molecule has 0 bridgehead atoms. The van der Waals surface area contributed by atoms with Crippen molar-refractivity contribution in [2.24, 2.45) is 0 Å². The van der Waals surface area contributed by atoms with E-state index in [-0.39, 0.29) is 5.63 Å². The molecule has 122 valence electrons. The Morgan fingerprint density at radius 3 is 2.88 bits per heavy atom. The summed E-state index contributed by atoms with van der Waals surface area (Å²) in [7, 11) is 0. The van der Waals surface area contributed by atoms with Gasteiger partial charge in [0.1, 0.15) is 18.8 Å². The van der Waals surface area contributed by atoms with Crippen molar-refractivity contribution in [2.75, 3.05) is 18.5 Å². The Balaban J connectivity index is 1.67. The summed E-state index contributed by atoms with van der Waals surface area (Å²) in [6, 6.07) is 13.1. The monoisotopic (exact) mass is 323 g/mol. The Hall–Kier alpha value is -2.95. The molecule has 1 N–H and O–H groups in total. The quantitative estimate of drug-likeness (QED) is 0.748. The Bertz CT molecular complexity index is 961. The minimum absolute atomic E-state index is 0.348. The Kier molecular flexibility index (Phi) is 3.61. The Morgan fingerprint density at radius 1 is 1.08 bits per heavy atom. The number of para-hydroxylation sites is 1. The maximum Gasteiger partial charge on any atom is 0.336 e. The fourth-order valence-corrected chi connectivity index (χ4v) is 2.89. The highest BCUT2D eigenvalue weighted by molar-refractivity contribution is 5.81. The van der Waals surface area contributed by atoms with E-state index in [1.54, 1.807) is 0 Å². The van der Waals surface area contributed by atoms with Crippen LogP contribution in [0.4, 0.5) is 5.69 Å². The van der Waals surface area contributed by atoms with E-state index in [2.05, 4.69) is 5.32 Å². The van der Waals surface area contributed by atoms with E-state index in [9.17, 15) is 4.79 Å². The number of anilines is 1. The first-order valence-corrected chi connectivity index (χ1v) is 7.86. The van der Waals surface area contributed by atoms with E-state index >= 15 is 0 Å². The average Bonchev–Trinajstić information content (AvgIpc) is 2.59. The van der Waals surface area contributed by atoms with Gasteiger partial charge < -0.3 is 19.2 Å². The fraction of sp³-hybridized carbons (Fsp3) is 0.211. The number of benzene rings is 2. The lowest BCUT2D eigenvalue weighted by Gasteiger charge is -2.21. The van der Waals surface area contributed by atoms with Crippen LogP contribution >= 0.6 is 0 Å². The van der Waals surface area contributed by atoms with E-state index in [1.165, 1.54) is 6.07 Å². The Morgan fingerprint density at radius 2 is 1.96 bits per heavy atom. The maximum atomic E-state index is 11.8. The molecule has 24 heavy (non-hydrogen) atoms. The summed E-state index contributed by atoms with van der Waals surface area (Å²) in [5.74, 6) is 1.45. The van der Waals surface area contributed by atoms with Crippen LogP contribution in [0.1, 0.15) is 11.1 Å². The molecule has 0 saturated carbocycles. The maximum absolute atomic E-state index is 11.8. The SMILES string of the molecule is Cc1ccc2c(CNc3cccc4c3OCCO4)cc(=O)oc2c1. The lowest BCUT2D eigenvalue weighted by molar-refractivity contribution is 0.172. The number of hydrogen-bond acceptors (Lipinski definition) is 5. The van der Waals surface area contributed by atoms with E-state index in [0.29, 0.717) is 31.1 Å². The van der Waals surface area contributed by atoms with Crippen molar-refractivity contribution in [3.8, 4) is 11.5 Å². The molecule has 5 heteroatoms. The summed E-state index contributed by atoms with van der Waals surface area (Å²) >= 11 is 0. The molecule has 3 aromatic rings. The second-order valence-corrected chi connectivity index (χ2v) is 5.77. The standard InChI is InChI=1S/C19H17NO4/c1-12-5-6-14-13(10-18(21)24-17(14)9-12)11-20-15-3-2-4-16-19(15)23-8-7-22-16/h2-6,9-10,20H,7-8,11H2,1H3. The molecule has 2 aromatic carbocycles. The van der Waals surface area contributed by atoms with Crippen LogP contribution < -0.4 is 20.4 Å². The Labute approximate surface area is 138 Å². The fourth-order valence-electron chi connectivity index (χ4n) is 2.89. The molecule has 0 atom stereocenters. The van der Waals surface area contributed by atoms with Crippen molar-refractivity contribution in [3.63, 3.8) is 0 Å². The molecule has 1 aliphatic heterocycles. The third-order valence-electron chi connectivity index (χ3n) is 4.02. The van der Waals surface area contributed by atoms with Crippen LogP contribution in [0.2, 0.25) is 0 Å². The molecule has 0 amide bonds. The van der Waals surface area contributed by atoms with Crippen LogP contribution in [0.15, 0.2) is 51.7 Å². The van der Waals surface area contributed by atoms with Crippen LogP contribution in [0.5, 0.6) is 11.5 Å². The molecular weight excluding hydrogens is 306 g/mol. The summed E-state index contributed by atoms with van der Waals surface area (Å²) in [5.41, 5.74) is 3.04. The summed E-state index contributed by atoms with van der Waals surface area (Å²) in [4.78, 5) is 11.8. The van der Waals surface area contributed by atoms with Crippen molar-refractivity contribution in [2.45, 2.75) is 13.5 Å². The van der Waals surface area contributed by atoms with Gasteiger partial charge in [-0.3, -0.25) is 0 Å². The minimum Gasteiger partial charge on any atom is -0.486 e. The topological polar surface area (TPSA) is 60.7 Å². The molecule has 4 rings (SSSR count). The van der Waals surface area contributed by atoms with Crippen LogP contribution in [-0.4, -0.2) is 13.2 Å². The summed E-state index contributed by atoms with van der Waals surface area (Å²) in [5, 5.41) is 4.26. The van der Waals surface area contributed by atoms with Crippen LogP contribution in [0, 0.1) is 6.92 Å². The number of aryl methyl sites for hydroxylation is 1. The molecule has 2 heterocycles. The van der Waals surface area contributed by atoms with Gasteiger partial charge in [-0.2, -0.15) is 0 Å². The van der Waals surface area contributed by atoms with Gasteiger partial charge in [0.2, 0.25) is 0 Å². The number of nitrogens with one attached hydrogen (secondary N) is 1. The minimum atomic E-state index is -0.348. The number of fused-ring (bicyclic) bond motifs is 2. The van der Waals surface area contributed by atoms with Crippen LogP contribution in [-0.2, 0) is 6.54 Å². The van der Waals surface area contributed by atoms with Gasteiger partial charge in [0, 0.05) is 18.0 Å². The first-order chi connectivity index (χ1) is 11.7. The smallest absolute Gasteiger partial charge is 0.336 e. The molecule has 0 saturated heterocycles. The van der Waals surface area contributed by atoms with Gasteiger partial charge in [0.05, 0.1) is 5.69 Å². The lowest BCUT2D eigenvalue weighted by Crippen LogP contribution is -2.16. The van der Waals surface area contributed by atoms with Crippen LogP contribution in [0.3, 0.4) is 0 Å². The normalized spacial score (nSPS) is 13.0. The van der Waals surface area contributed by atoms with Crippen LogP contribution in [0.25, 0.3) is 11.0 Å². The predicted molar refractivity (Wildman–Crippen MR) is 92.0 cm³/mol. The third kappa shape index (κ3) is 2.69. The largest absolute Gasteiger partial charge is 0.486 e. The summed E-state index contributed by atoms with van der Waals surface area (Å²) in [6.45, 7) is 3.55. The molecular formula is C19H17NO4. The van der Waals surface area contributed by atoms with E-state index in [4.69, 9.17) is 13.9 Å². The van der Waals surface area contributed by atoms with Crippen molar-refractivity contribution in [3.05, 3.63) is 64.0 Å². The molecule has 0 aliphatic carbocycles. The van der Waals surface area contributed by atoms with Gasteiger partial charge in [-0.25, -0.2) is 4.79 Å². The number of ether oxygens (including phenoxy) is 2. The van der Waals surface area contributed by atoms with Crippen molar-refractivity contribution in [1.82, 2.24) is 0 Å². The van der Waals surface area contributed by atoms with E-state index in [0.717, 1.165) is 28.0 Å². The molecule has 0 radical (unpaired) electrons. The van der Waals surface area contributed by atoms with E-state index < -0.39 is 0 Å². The van der Waals surface area contributed by atoms with Gasteiger partial charge >= 0.3 is 5.63 Å². The average molecular weight is 323 g/mol. The van der Waals surface area contributed by atoms with E-state index in [1.807, 2.05) is 43.3 Å². The van der Waals surface area contributed by atoms with Gasteiger partial charge in [0.25, 0.3) is 0 Å². The highest BCUT2D eigenvalue weighted by Crippen LogP contribution is 2.37. The highest BCUT2D eigenvalue weighted by atomic mass is 16.6. The molecule has 1 aliphatic rings. The van der Waals surface area contributed by atoms with Gasteiger partial charge in [-0.15, -0.1) is 0 Å². The zero-order chi connectivity index (χ0) is 16.5. The molecule has 5 nitrogen and oxygen atoms in total. The first kappa shape index (κ1) is 14.6. The number of hydrogen-bond donors (Lipinski definition) is 1.